The van der Waals surface area contributed by atoms with E-state index in [1.165, 1.54) is 0 Å². The summed E-state index contributed by atoms with van der Waals surface area (Å²) in [6.45, 7) is 3.43. The van der Waals surface area contributed by atoms with Crippen LogP contribution < -0.4 is 5.32 Å². The largest absolute Gasteiger partial charge is 0.381 e. The van der Waals surface area contributed by atoms with Crippen molar-refractivity contribution < 1.29 is 9.53 Å². The van der Waals surface area contributed by atoms with Crippen LogP contribution in [-0.2, 0) is 14.9 Å². The molecule has 2 atom stereocenters. The van der Waals surface area contributed by atoms with Gasteiger partial charge in [0.2, 0.25) is 5.91 Å². The number of ether oxygens (including phenoxy) is 1. The van der Waals surface area contributed by atoms with Crippen LogP contribution in [0.2, 0.25) is 0 Å². The maximum Gasteiger partial charge on any atom is 0.227 e. The molecule has 0 radical (unpaired) electrons. The highest BCUT2D eigenvalue weighted by molar-refractivity contribution is 9.08. The number of amides is 1. The highest BCUT2D eigenvalue weighted by Gasteiger charge is 2.28. The molecule has 2 rings (SSSR count). The van der Waals surface area contributed by atoms with Crippen molar-refractivity contribution in [1.82, 2.24) is 0 Å². The number of benzene rings is 1. The molecule has 1 saturated heterocycles. The van der Waals surface area contributed by atoms with Gasteiger partial charge in [-0.3, -0.25) is 4.79 Å². The average Bonchev–Trinajstić information content (AvgIpc) is 2.39. The minimum Gasteiger partial charge on any atom is -0.381 e. The lowest BCUT2D eigenvalue weighted by Gasteiger charge is -2.28. The zero-order valence-corrected chi connectivity index (χ0v) is 12.1. The van der Waals surface area contributed by atoms with E-state index in [0.717, 1.165) is 23.0 Å². The molecule has 4 heteroatoms. The van der Waals surface area contributed by atoms with Crippen molar-refractivity contribution in [3.05, 3.63) is 29.8 Å². The van der Waals surface area contributed by atoms with Crippen LogP contribution >= 0.6 is 15.9 Å². The van der Waals surface area contributed by atoms with Gasteiger partial charge in [0.05, 0.1) is 0 Å². The first-order valence-electron chi connectivity index (χ1n) is 6.25. The Morgan fingerprint density at radius 2 is 2.28 bits per heavy atom. The van der Waals surface area contributed by atoms with Crippen molar-refractivity contribution in [2.75, 3.05) is 18.5 Å². The first-order chi connectivity index (χ1) is 8.72. The third kappa shape index (κ3) is 3.12. The number of hydrogen-bond acceptors (Lipinski definition) is 2. The van der Waals surface area contributed by atoms with Gasteiger partial charge in [0.1, 0.15) is 0 Å². The molecule has 1 heterocycles. The van der Waals surface area contributed by atoms with Crippen molar-refractivity contribution in [2.24, 2.45) is 11.8 Å². The van der Waals surface area contributed by atoms with Gasteiger partial charge in [0.25, 0.3) is 0 Å². The van der Waals surface area contributed by atoms with E-state index in [-0.39, 0.29) is 17.7 Å². The third-order valence-corrected chi connectivity index (χ3v) is 4.00. The number of halogens is 1. The monoisotopic (exact) mass is 311 g/mol. The molecule has 98 valence electrons. The molecule has 0 aromatic heterocycles. The number of anilines is 1. The number of nitrogens with one attached hydrogen (secondary N) is 1. The van der Waals surface area contributed by atoms with Gasteiger partial charge in [-0.15, -0.1) is 0 Å². The zero-order valence-electron chi connectivity index (χ0n) is 10.5. The number of carbonyl (C=O) groups is 1. The molecule has 1 fully saturated rings. The lowest BCUT2D eigenvalue weighted by atomic mass is 9.89. The quantitative estimate of drug-likeness (QED) is 0.871. The molecule has 1 aliphatic rings. The van der Waals surface area contributed by atoms with Gasteiger partial charge in [-0.2, -0.15) is 0 Å². The highest BCUT2D eigenvalue weighted by Crippen LogP contribution is 2.24. The van der Waals surface area contributed by atoms with E-state index in [4.69, 9.17) is 4.74 Å². The fourth-order valence-corrected chi connectivity index (χ4v) is 2.74. The molecule has 1 aromatic rings. The molecule has 0 saturated carbocycles. The van der Waals surface area contributed by atoms with Gasteiger partial charge in [0, 0.05) is 30.1 Å². The number of para-hydroxylation sites is 1. The summed E-state index contributed by atoms with van der Waals surface area (Å²) >= 11 is 3.43. The number of carbonyl (C=O) groups excluding carboxylic acids is 1. The van der Waals surface area contributed by atoms with Crippen molar-refractivity contribution in [3.8, 4) is 0 Å². The van der Waals surface area contributed by atoms with Crippen molar-refractivity contribution in [2.45, 2.75) is 18.7 Å². The Morgan fingerprint density at radius 3 is 3.00 bits per heavy atom. The third-order valence-electron chi connectivity index (χ3n) is 3.40. The summed E-state index contributed by atoms with van der Waals surface area (Å²) in [5.41, 5.74) is 2.00. The Balaban J connectivity index is 2.06. The minimum atomic E-state index is 0.0575. The molecular formula is C14H18BrNO2. The molecule has 3 nitrogen and oxygen atoms in total. The molecule has 1 amide bonds. The van der Waals surface area contributed by atoms with Gasteiger partial charge in [-0.25, -0.2) is 0 Å². The van der Waals surface area contributed by atoms with Gasteiger partial charge in [0.15, 0.2) is 0 Å². The smallest absolute Gasteiger partial charge is 0.227 e. The molecule has 0 bridgehead atoms. The first kappa shape index (κ1) is 13.6. The van der Waals surface area contributed by atoms with Gasteiger partial charge >= 0.3 is 0 Å². The predicted molar refractivity (Wildman–Crippen MR) is 75.8 cm³/mol. The molecule has 0 spiro atoms. The fraction of sp³-hybridized carbons (Fsp3) is 0.500. The van der Waals surface area contributed by atoms with Crippen LogP contribution in [0.15, 0.2) is 24.3 Å². The first-order valence-corrected chi connectivity index (χ1v) is 7.37. The second-order valence-corrected chi connectivity index (χ2v) is 5.29. The summed E-state index contributed by atoms with van der Waals surface area (Å²) < 4.78 is 5.37. The van der Waals surface area contributed by atoms with Crippen LogP contribution in [-0.4, -0.2) is 19.1 Å². The van der Waals surface area contributed by atoms with Gasteiger partial charge in [-0.05, 0) is 24.0 Å². The minimum absolute atomic E-state index is 0.0575. The summed E-state index contributed by atoms with van der Waals surface area (Å²) in [6, 6.07) is 7.87. The number of alkyl halides is 1. The maximum absolute atomic E-state index is 12.3. The average molecular weight is 312 g/mol. The Bertz CT molecular complexity index is 422. The second kappa shape index (κ2) is 6.34. The summed E-state index contributed by atoms with van der Waals surface area (Å²) in [5.74, 6) is 0.455. The Kier molecular flexibility index (Phi) is 4.78. The summed E-state index contributed by atoms with van der Waals surface area (Å²) in [4.78, 5) is 12.3. The van der Waals surface area contributed by atoms with Gasteiger partial charge in [-0.1, -0.05) is 41.1 Å². The van der Waals surface area contributed by atoms with E-state index >= 15 is 0 Å². The van der Waals surface area contributed by atoms with Crippen LogP contribution in [0.5, 0.6) is 0 Å². The SMILES string of the molecule is CC1COCCC1C(=O)Nc1ccccc1CBr. The normalized spacial score (nSPS) is 23.7. The van der Waals surface area contributed by atoms with E-state index < -0.39 is 0 Å². The molecular weight excluding hydrogens is 294 g/mol. The van der Waals surface area contributed by atoms with Gasteiger partial charge < -0.3 is 10.1 Å². The number of rotatable bonds is 3. The lowest BCUT2D eigenvalue weighted by molar-refractivity contribution is -0.125. The Hall–Kier alpha value is -0.870. The fourth-order valence-electron chi connectivity index (χ4n) is 2.25. The molecule has 0 aliphatic carbocycles. The van der Waals surface area contributed by atoms with E-state index in [0.29, 0.717) is 13.2 Å². The van der Waals surface area contributed by atoms with Crippen LogP contribution in [0, 0.1) is 11.8 Å². The van der Waals surface area contributed by atoms with E-state index in [1.54, 1.807) is 0 Å². The van der Waals surface area contributed by atoms with Crippen molar-refractivity contribution >= 4 is 27.5 Å². The van der Waals surface area contributed by atoms with E-state index in [9.17, 15) is 4.79 Å². The standard InChI is InChI=1S/C14H18BrNO2/c1-10-9-18-7-6-12(10)14(17)16-13-5-3-2-4-11(13)8-15/h2-5,10,12H,6-9H2,1H3,(H,16,17). The Labute approximate surface area is 116 Å². The maximum atomic E-state index is 12.3. The topological polar surface area (TPSA) is 38.3 Å². The molecule has 1 aromatic carbocycles. The second-order valence-electron chi connectivity index (χ2n) is 4.73. The van der Waals surface area contributed by atoms with Crippen molar-refractivity contribution in [3.63, 3.8) is 0 Å². The summed E-state index contributed by atoms with van der Waals surface area (Å²) in [7, 11) is 0. The molecule has 2 unspecified atom stereocenters. The summed E-state index contributed by atoms with van der Waals surface area (Å²) in [5, 5.41) is 3.78. The van der Waals surface area contributed by atoms with Crippen LogP contribution in [0.3, 0.4) is 0 Å². The van der Waals surface area contributed by atoms with E-state index in [1.807, 2.05) is 24.3 Å². The number of hydrogen-bond donors (Lipinski definition) is 1. The highest BCUT2D eigenvalue weighted by atomic mass is 79.9. The van der Waals surface area contributed by atoms with Crippen LogP contribution in [0.25, 0.3) is 0 Å². The predicted octanol–water partition coefficient (Wildman–Crippen LogP) is 3.19. The van der Waals surface area contributed by atoms with Crippen molar-refractivity contribution in [1.29, 1.82) is 0 Å². The molecule has 1 aliphatic heterocycles. The van der Waals surface area contributed by atoms with Crippen LogP contribution in [0.1, 0.15) is 18.9 Å². The molecule has 18 heavy (non-hydrogen) atoms. The Morgan fingerprint density at radius 1 is 1.50 bits per heavy atom. The van der Waals surface area contributed by atoms with E-state index in [2.05, 4.69) is 28.2 Å². The molecule has 1 N–H and O–H groups in total. The summed E-state index contributed by atoms with van der Waals surface area (Å²) in [6.07, 6.45) is 0.809. The zero-order chi connectivity index (χ0) is 13.0. The lowest BCUT2D eigenvalue weighted by Crippen LogP contribution is -2.35. The van der Waals surface area contributed by atoms with Crippen LogP contribution in [0.4, 0.5) is 5.69 Å².